The first kappa shape index (κ1) is 18.9. The van der Waals surface area contributed by atoms with Gasteiger partial charge in [-0.2, -0.15) is 0 Å². The number of nitro benzene ring substituents is 1. The normalized spacial score (nSPS) is 10.9. The first-order valence-electron chi connectivity index (χ1n) is 7.80. The van der Waals surface area contributed by atoms with Crippen molar-refractivity contribution >= 4 is 23.5 Å². The van der Waals surface area contributed by atoms with Crippen LogP contribution < -0.4 is 4.74 Å². The van der Waals surface area contributed by atoms with Gasteiger partial charge in [0.15, 0.2) is 5.78 Å². The molecule has 0 saturated heterocycles. The van der Waals surface area contributed by atoms with Gasteiger partial charge >= 0.3 is 5.97 Å². The highest BCUT2D eigenvalue weighted by Crippen LogP contribution is 2.21. The summed E-state index contributed by atoms with van der Waals surface area (Å²) >= 11 is 0. The van der Waals surface area contributed by atoms with Crippen molar-refractivity contribution in [2.45, 2.75) is 6.92 Å². The van der Waals surface area contributed by atoms with Crippen LogP contribution in [0.2, 0.25) is 0 Å². The van der Waals surface area contributed by atoms with Crippen molar-refractivity contribution in [3.05, 3.63) is 75.8 Å². The van der Waals surface area contributed by atoms with Gasteiger partial charge in [0.25, 0.3) is 5.69 Å². The minimum atomic E-state index is -0.854. The van der Waals surface area contributed by atoms with E-state index in [1.807, 2.05) is 18.2 Å². The van der Waals surface area contributed by atoms with Crippen molar-refractivity contribution in [1.29, 1.82) is 0 Å². The first-order valence-corrected chi connectivity index (χ1v) is 7.80. The van der Waals surface area contributed by atoms with E-state index in [0.717, 1.165) is 0 Å². The predicted molar refractivity (Wildman–Crippen MR) is 94.7 cm³/mol. The zero-order chi connectivity index (χ0) is 18.9. The molecule has 0 aliphatic heterocycles. The van der Waals surface area contributed by atoms with Gasteiger partial charge in [0.2, 0.25) is 0 Å². The Labute approximate surface area is 150 Å². The van der Waals surface area contributed by atoms with Crippen LogP contribution in [0.5, 0.6) is 5.75 Å². The van der Waals surface area contributed by atoms with Gasteiger partial charge in [0.05, 0.1) is 10.5 Å². The van der Waals surface area contributed by atoms with Crippen molar-refractivity contribution in [1.82, 2.24) is 0 Å². The summed E-state index contributed by atoms with van der Waals surface area (Å²) in [6, 6.07) is 14.8. The van der Waals surface area contributed by atoms with E-state index in [9.17, 15) is 19.7 Å². The summed E-state index contributed by atoms with van der Waals surface area (Å²) in [7, 11) is 0. The topological polar surface area (TPSA) is 95.7 Å². The summed E-state index contributed by atoms with van der Waals surface area (Å²) in [5, 5.41) is 11.0. The standard InChI is InChI=1S/C19H17NO6/c1-14(21)17(13-15-7-5-6-10-18(15)20(23)24)19(22)26-12-11-25-16-8-3-2-4-9-16/h2-10,13H,11-12H2,1H3/b17-13+. The fraction of sp³-hybridized carbons (Fsp3) is 0.158. The number of hydrogen-bond donors (Lipinski definition) is 0. The Balaban J connectivity index is 2.04. The highest BCUT2D eigenvalue weighted by Gasteiger charge is 2.19. The van der Waals surface area contributed by atoms with Gasteiger partial charge in [0.1, 0.15) is 24.5 Å². The lowest BCUT2D eigenvalue weighted by Crippen LogP contribution is -2.17. The zero-order valence-electron chi connectivity index (χ0n) is 14.1. The average molecular weight is 355 g/mol. The molecular formula is C19H17NO6. The zero-order valence-corrected chi connectivity index (χ0v) is 14.1. The molecule has 0 heterocycles. The van der Waals surface area contributed by atoms with Crippen LogP contribution >= 0.6 is 0 Å². The summed E-state index contributed by atoms with van der Waals surface area (Å²) in [5.41, 5.74) is -0.314. The summed E-state index contributed by atoms with van der Waals surface area (Å²) in [6.45, 7) is 1.25. The molecule has 7 heteroatoms. The smallest absolute Gasteiger partial charge is 0.341 e. The number of ketones is 1. The molecule has 0 aromatic heterocycles. The number of esters is 1. The summed E-state index contributed by atoms with van der Waals surface area (Å²) in [4.78, 5) is 34.4. The highest BCUT2D eigenvalue weighted by atomic mass is 16.6. The SMILES string of the molecule is CC(=O)/C(=C\c1ccccc1[N+](=O)[O-])C(=O)OCCOc1ccccc1. The number of carbonyl (C=O) groups is 2. The maximum Gasteiger partial charge on any atom is 0.341 e. The Morgan fingerprint density at radius 2 is 1.69 bits per heavy atom. The van der Waals surface area contributed by atoms with Gasteiger partial charge in [-0.05, 0) is 31.2 Å². The lowest BCUT2D eigenvalue weighted by molar-refractivity contribution is -0.385. The molecule has 0 aliphatic carbocycles. The van der Waals surface area contributed by atoms with Gasteiger partial charge in [-0.3, -0.25) is 14.9 Å². The molecule has 0 radical (unpaired) electrons. The molecule has 7 nitrogen and oxygen atoms in total. The second-order valence-electron chi connectivity index (χ2n) is 5.23. The molecule has 0 N–H and O–H groups in total. The van der Waals surface area contributed by atoms with Gasteiger partial charge in [-0.15, -0.1) is 0 Å². The Bertz CT molecular complexity index is 829. The quantitative estimate of drug-likeness (QED) is 0.137. The van der Waals surface area contributed by atoms with Crippen molar-refractivity contribution in [2.75, 3.05) is 13.2 Å². The third-order valence-electron chi connectivity index (χ3n) is 3.36. The number of para-hydroxylation sites is 2. The van der Waals surface area contributed by atoms with Crippen LogP contribution in [0.3, 0.4) is 0 Å². The average Bonchev–Trinajstić information content (AvgIpc) is 2.64. The van der Waals surface area contributed by atoms with Gasteiger partial charge in [-0.25, -0.2) is 4.79 Å². The van der Waals surface area contributed by atoms with Crippen LogP contribution in [0.1, 0.15) is 12.5 Å². The number of ether oxygens (including phenoxy) is 2. The van der Waals surface area contributed by atoms with Crippen LogP contribution in [-0.2, 0) is 14.3 Å². The van der Waals surface area contributed by atoms with Crippen molar-refractivity contribution in [3.8, 4) is 5.75 Å². The van der Waals surface area contributed by atoms with Gasteiger partial charge < -0.3 is 9.47 Å². The fourth-order valence-electron chi connectivity index (χ4n) is 2.12. The van der Waals surface area contributed by atoms with Crippen LogP contribution in [0.4, 0.5) is 5.69 Å². The lowest BCUT2D eigenvalue weighted by Gasteiger charge is -2.08. The molecular weight excluding hydrogens is 338 g/mol. The lowest BCUT2D eigenvalue weighted by atomic mass is 10.1. The molecule has 0 fully saturated rings. The van der Waals surface area contributed by atoms with E-state index in [0.29, 0.717) is 5.75 Å². The number of nitro groups is 1. The molecule has 2 aromatic rings. The van der Waals surface area contributed by atoms with E-state index in [1.54, 1.807) is 18.2 Å². The predicted octanol–water partition coefficient (Wildman–Crippen LogP) is 3.19. The van der Waals surface area contributed by atoms with E-state index in [1.165, 1.54) is 31.2 Å². The minimum Gasteiger partial charge on any atom is -0.490 e. The second kappa shape index (κ2) is 9.12. The van der Waals surface area contributed by atoms with E-state index >= 15 is 0 Å². The first-order chi connectivity index (χ1) is 12.5. The molecule has 2 rings (SSSR count). The Kier molecular flexibility index (Phi) is 6.61. The maximum absolute atomic E-state index is 12.1. The number of Topliss-reactive ketones (excluding diaryl/α,β-unsaturated/α-hetero) is 1. The van der Waals surface area contributed by atoms with Crippen molar-refractivity contribution in [2.24, 2.45) is 0 Å². The summed E-state index contributed by atoms with van der Waals surface area (Å²) < 4.78 is 10.4. The van der Waals surface area contributed by atoms with Gasteiger partial charge in [0, 0.05) is 6.07 Å². The molecule has 0 amide bonds. The second-order valence-corrected chi connectivity index (χ2v) is 5.23. The largest absolute Gasteiger partial charge is 0.490 e. The number of rotatable bonds is 8. The molecule has 2 aromatic carbocycles. The fourth-order valence-corrected chi connectivity index (χ4v) is 2.12. The third-order valence-corrected chi connectivity index (χ3v) is 3.36. The number of benzene rings is 2. The molecule has 0 bridgehead atoms. The van der Waals surface area contributed by atoms with Crippen LogP contribution in [0.15, 0.2) is 60.2 Å². The Hall–Kier alpha value is -3.48. The molecule has 0 unspecified atom stereocenters. The Morgan fingerprint density at radius 1 is 1.04 bits per heavy atom. The van der Waals surface area contributed by atoms with Crippen LogP contribution in [0, 0.1) is 10.1 Å². The molecule has 26 heavy (non-hydrogen) atoms. The van der Waals surface area contributed by atoms with Crippen molar-refractivity contribution in [3.63, 3.8) is 0 Å². The monoisotopic (exact) mass is 355 g/mol. The molecule has 0 atom stereocenters. The number of hydrogen-bond acceptors (Lipinski definition) is 6. The number of nitrogens with zero attached hydrogens (tertiary/aromatic N) is 1. The van der Waals surface area contributed by atoms with Crippen molar-refractivity contribution < 1.29 is 24.0 Å². The maximum atomic E-state index is 12.1. The van der Waals surface area contributed by atoms with E-state index in [4.69, 9.17) is 9.47 Å². The van der Waals surface area contributed by atoms with E-state index in [-0.39, 0.29) is 30.0 Å². The summed E-state index contributed by atoms with van der Waals surface area (Å²) in [6.07, 6.45) is 1.17. The number of carbonyl (C=O) groups excluding carboxylic acids is 2. The molecule has 134 valence electrons. The van der Waals surface area contributed by atoms with E-state index in [2.05, 4.69) is 0 Å². The molecule has 0 saturated carbocycles. The van der Waals surface area contributed by atoms with Crippen LogP contribution in [-0.4, -0.2) is 29.9 Å². The summed E-state index contributed by atoms with van der Waals surface area (Å²) in [5.74, 6) is -0.768. The van der Waals surface area contributed by atoms with Crippen LogP contribution in [0.25, 0.3) is 6.08 Å². The van der Waals surface area contributed by atoms with E-state index < -0.39 is 16.7 Å². The highest BCUT2D eigenvalue weighted by molar-refractivity contribution is 6.20. The van der Waals surface area contributed by atoms with Gasteiger partial charge in [-0.1, -0.05) is 30.3 Å². The Morgan fingerprint density at radius 3 is 2.35 bits per heavy atom. The molecule has 0 spiro atoms. The molecule has 0 aliphatic rings. The third kappa shape index (κ3) is 5.27. The minimum absolute atomic E-state index is 0.0603.